The normalized spacial score (nSPS) is 19.8. The van der Waals surface area contributed by atoms with E-state index in [0.717, 1.165) is 25.7 Å². The number of aromatic nitrogens is 2. The molecular weight excluding hydrogens is 429 g/mol. The summed E-state index contributed by atoms with van der Waals surface area (Å²) < 4.78 is 47.6. The predicted octanol–water partition coefficient (Wildman–Crippen LogP) is 2.90. The first kappa shape index (κ1) is 22.3. The molecule has 0 spiro atoms. The Morgan fingerprint density at radius 1 is 1.16 bits per heavy atom. The fourth-order valence-electron chi connectivity index (χ4n) is 4.06. The Morgan fingerprint density at radius 3 is 2.53 bits per heavy atom. The molecule has 172 valence electrons. The van der Waals surface area contributed by atoms with Crippen LogP contribution in [0.4, 0.5) is 13.2 Å². The van der Waals surface area contributed by atoms with Crippen LogP contribution in [-0.4, -0.2) is 59.2 Å². The smallest absolute Gasteiger partial charge is 0.377 e. The van der Waals surface area contributed by atoms with E-state index in [-0.39, 0.29) is 41.7 Å². The van der Waals surface area contributed by atoms with Gasteiger partial charge in [-0.2, -0.15) is 18.2 Å². The zero-order valence-corrected chi connectivity index (χ0v) is 17.2. The van der Waals surface area contributed by atoms with Crippen LogP contribution < -0.4 is 5.32 Å². The van der Waals surface area contributed by atoms with Crippen LogP contribution in [0.25, 0.3) is 11.4 Å². The Balaban J connectivity index is 1.36. The van der Waals surface area contributed by atoms with Crippen LogP contribution >= 0.6 is 0 Å². The number of carbonyl (C=O) groups is 2. The maximum Gasteiger partial charge on any atom is 0.471 e. The van der Waals surface area contributed by atoms with E-state index < -0.39 is 12.1 Å². The Morgan fingerprint density at radius 2 is 1.88 bits per heavy atom. The lowest BCUT2D eigenvalue weighted by molar-refractivity contribution is -0.159. The summed E-state index contributed by atoms with van der Waals surface area (Å²) in [4.78, 5) is 30.5. The highest BCUT2D eigenvalue weighted by molar-refractivity contribution is 5.94. The van der Waals surface area contributed by atoms with Gasteiger partial charge in [0.15, 0.2) is 0 Å². The summed E-state index contributed by atoms with van der Waals surface area (Å²) in [5.41, 5.74) is 0.605. The number of alkyl halides is 3. The maximum absolute atomic E-state index is 12.8. The lowest BCUT2D eigenvalue weighted by Crippen LogP contribution is -2.54. The van der Waals surface area contributed by atoms with Gasteiger partial charge in [-0.15, -0.1) is 0 Å². The number of ether oxygens (including phenoxy) is 1. The van der Waals surface area contributed by atoms with E-state index in [1.54, 1.807) is 0 Å². The number of nitrogens with one attached hydrogen (secondary N) is 1. The monoisotopic (exact) mass is 452 g/mol. The molecule has 0 radical (unpaired) electrons. The zero-order valence-electron chi connectivity index (χ0n) is 17.2. The van der Waals surface area contributed by atoms with Gasteiger partial charge in [-0.05, 0) is 25.0 Å². The first-order valence-corrected chi connectivity index (χ1v) is 10.5. The van der Waals surface area contributed by atoms with E-state index in [4.69, 9.17) is 4.74 Å². The fraction of sp³-hybridized carbons (Fsp3) is 0.524. The minimum Gasteiger partial charge on any atom is -0.377 e. The lowest BCUT2D eigenvalue weighted by atomic mass is 10.0. The molecule has 1 aromatic carbocycles. The molecule has 1 N–H and O–H groups in total. The maximum atomic E-state index is 12.8. The van der Waals surface area contributed by atoms with Crippen molar-refractivity contribution in [3.63, 3.8) is 0 Å². The van der Waals surface area contributed by atoms with Gasteiger partial charge < -0.3 is 19.5 Å². The summed E-state index contributed by atoms with van der Waals surface area (Å²) in [5.74, 6) is -1.82. The van der Waals surface area contributed by atoms with Crippen molar-refractivity contribution in [1.82, 2.24) is 20.4 Å². The number of halogens is 3. The number of carbonyl (C=O) groups excluding carboxylic acids is 2. The number of morpholine rings is 1. The SMILES string of the molecule is O=C(NC[C@H]1COCCN1C(=O)C1CCCC1)c1ccc(-c2noc(C(F)(F)F)n2)cc1. The molecule has 32 heavy (non-hydrogen) atoms. The highest BCUT2D eigenvalue weighted by Gasteiger charge is 2.38. The van der Waals surface area contributed by atoms with Crippen molar-refractivity contribution in [3.05, 3.63) is 35.7 Å². The molecule has 4 rings (SSSR count). The average molecular weight is 452 g/mol. The molecule has 11 heteroatoms. The molecule has 2 aromatic rings. The summed E-state index contributed by atoms with van der Waals surface area (Å²) in [5, 5.41) is 6.14. The Bertz CT molecular complexity index is 955. The van der Waals surface area contributed by atoms with Gasteiger partial charge in [0.1, 0.15) is 0 Å². The van der Waals surface area contributed by atoms with Gasteiger partial charge in [-0.1, -0.05) is 30.1 Å². The number of hydrogen-bond acceptors (Lipinski definition) is 6. The van der Waals surface area contributed by atoms with Crippen molar-refractivity contribution in [1.29, 1.82) is 0 Å². The molecule has 0 unspecified atom stereocenters. The van der Waals surface area contributed by atoms with Crippen LogP contribution in [0.3, 0.4) is 0 Å². The fourth-order valence-corrected chi connectivity index (χ4v) is 4.06. The number of nitrogens with zero attached hydrogens (tertiary/aromatic N) is 3. The third-order valence-electron chi connectivity index (χ3n) is 5.79. The molecule has 8 nitrogen and oxygen atoms in total. The highest BCUT2D eigenvalue weighted by atomic mass is 19.4. The highest BCUT2D eigenvalue weighted by Crippen LogP contribution is 2.30. The van der Waals surface area contributed by atoms with Gasteiger partial charge in [-0.3, -0.25) is 9.59 Å². The summed E-state index contributed by atoms with van der Waals surface area (Å²) in [6.07, 6.45) is -0.765. The van der Waals surface area contributed by atoms with E-state index in [1.165, 1.54) is 24.3 Å². The number of benzene rings is 1. The Labute approximate surface area is 182 Å². The van der Waals surface area contributed by atoms with Gasteiger partial charge in [0, 0.05) is 30.1 Å². The molecule has 2 heterocycles. The zero-order chi connectivity index (χ0) is 22.7. The molecule has 2 amide bonds. The van der Waals surface area contributed by atoms with Gasteiger partial charge in [-0.25, -0.2) is 0 Å². The van der Waals surface area contributed by atoms with Gasteiger partial charge in [0.25, 0.3) is 5.91 Å². The molecule has 1 aliphatic carbocycles. The topological polar surface area (TPSA) is 97.6 Å². The quantitative estimate of drug-likeness (QED) is 0.749. The number of hydrogen-bond donors (Lipinski definition) is 1. The van der Waals surface area contributed by atoms with Crippen LogP contribution in [0.1, 0.15) is 41.9 Å². The molecule has 1 saturated heterocycles. The van der Waals surface area contributed by atoms with E-state index in [2.05, 4.69) is 20.0 Å². The molecule has 2 aliphatic rings. The van der Waals surface area contributed by atoms with Crippen LogP contribution in [0.15, 0.2) is 28.8 Å². The molecule has 1 aromatic heterocycles. The average Bonchev–Trinajstić information content (AvgIpc) is 3.50. The second-order valence-corrected chi connectivity index (χ2v) is 7.95. The number of rotatable bonds is 5. The molecular formula is C21H23F3N4O4. The summed E-state index contributed by atoms with van der Waals surface area (Å²) in [7, 11) is 0. The standard InChI is InChI=1S/C21H23F3N4O4/c22-21(23,24)20-26-17(27-32-20)13-5-7-14(8-6-13)18(29)25-11-16-12-31-10-9-28(16)19(30)15-3-1-2-4-15/h5-8,15-16H,1-4,9-12H2,(H,25,29)/t16-/m0/s1. The van der Waals surface area contributed by atoms with Gasteiger partial charge in [0.2, 0.25) is 11.7 Å². The van der Waals surface area contributed by atoms with Crippen molar-refractivity contribution in [2.24, 2.45) is 5.92 Å². The van der Waals surface area contributed by atoms with E-state index in [1.807, 2.05) is 4.90 Å². The Hall–Kier alpha value is -2.95. The van der Waals surface area contributed by atoms with Crippen LogP contribution in [0.2, 0.25) is 0 Å². The summed E-state index contributed by atoms with van der Waals surface area (Å²) in [6.45, 7) is 1.60. The van der Waals surface area contributed by atoms with E-state index in [0.29, 0.717) is 25.3 Å². The van der Waals surface area contributed by atoms with Crippen molar-refractivity contribution in [2.45, 2.75) is 37.9 Å². The second kappa shape index (κ2) is 9.27. The first-order chi connectivity index (χ1) is 15.3. The largest absolute Gasteiger partial charge is 0.471 e. The minimum absolute atomic E-state index is 0.0573. The van der Waals surface area contributed by atoms with E-state index in [9.17, 15) is 22.8 Å². The summed E-state index contributed by atoms with van der Waals surface area (Å²) in [6, 6.07) is 5.58. The Kier molecular flexibility index (Phi) is 6.45. The van der Waals surface area contributed by atoms with Gasteiger partial charge >= 0.3 is 12.1 Å². The van der Waals surface area contributed by atoms with E-state index >= 15 is 0 Å². The molecule has 0 bridgehead atoms. The lowest BCUT2D eigenvalue weighted by Gasteiger charge is -2.37. The number of amides is 2. The second-order valence-electron chi connectivity index (χ2n) is 7.95. The van der Waals surface area contributed by atoms with Crippen LogP contribution in [-0.2, 0) is 15.7 Å². The van der Waals surface area contributed by atoms with Crippen molar-refractivity contribution in [2.75, 3.05) is 26.3 Å². The molecule has 2 fully saturated rings. The third kappa shape index (κ3) is 4.93. The van der Waals surface area contributed by atoms with Crippen LogP contribution in [0.5, 0.6) is 0 Å². The minimum atomic E-state index is -4.72. The summed E-state index contributed by atoms with van der Waals surface area (Å²) >= 11 is 0. The van der Waals surface area contributed by atoms with Crippen molar-refractivity contribution in [3.8, 4) is 11.4 Å². The van der Waals surface area contributed by atoms with Gasteiger partial charge in [0.05, 0.1) is 19.3 Å². The molecule has 1 saturated carbocycles. The van der Waals surface area contributed by atoms with Crippen molar-refractivity contribution < 1.29 is 32.0 Å². The molecule has 1 atom stereocenters. The first-order valence-electron chi connectivity index (χ1n) is 10.5. The predicted molar refractivity (Wildman–Crippen MR) is 105 cm³/mol. The molecule has 1 aliphatic heterocycles. The van der Waals surface area contributed by atoms with Crippen molar-refractivity contribution >= 4 is 11.8 Å². The third-order valence-corrected chi connectivity index (χ3v) is 5.79. The van der Waals surface area contributed by atoms with Crippen LogP contribution in [0, 0.1) is 5.92 Å².